The minimum absolute atomic E-state index is 0.0219. The molecule has 158 valence electrons. The molecule has 3 rings (SSSR count). The molecule has 1 unspecified atom stereocenters. The van der Waals surface area contributed by atoms with Crippen molar-refractivity contribution in [3.8, 4) is 0 Å². The summed E-state index contributed by atoms with van der Waals surface area (Å²) in [7, 11) is -3.84. The molecule has 1 heterocycles. The first-order chi connectivity index (χ1) is 14.3. The smallest absolute Gasteiger partial charge is 0.243 e. The van der Waals surface area contributed by atoms with Gasteiger partial charge in [0.1, 0.15) is 0 Å². The summed E-state index contributed by atoms with van der Waals surface area (Å²) in [5, 5.41) is 5.35. The largest absolute Gasteiger partial charge is 0.353 e. The van der Waals surface area contributed by atoms with Crippen molar-refractivity contribution in [3.63, 3.8) is 0 Å². The van der Waals surface area contributed by atoms with E-state index in [4.69, 9.17) is 0 Å². The number of nitrogens with one attached hydrogen (secondary N) is 2. The highest BCUT2D eigenvalue weighted by Gasteiger charge is 2.37. The number of hydrogen-bond acceptors (Lipinski definition) is 4. The molecule has 0 radical (unpaired) electrons. The van der Waals surface area contributed by atoms with Crippen molar-refractivity contribution in [2.24, 2.45) is 0 Å². The van der Waals surface area contributed by atoms with Gasteiger partial charge in [-0.3, -0.25) is 9.59 Å². The lowest BCUT2D eigenvalue weighted by molar-refractivity contribution is -0.121. The number of carbonyl (C=O) groups is 2. The normalized spacial score (nSPS) is 16.4. The van der Waals surface area contributed by atoms with Crippen molar-refractivity contribution in [2.45, 2.75) is 30.7 Å². The van der Waals surface area contributed by atoms with Gasteiger partial charge in [0.15, 0.2) is 0 Å². The molecule has 0 aliphatic carbocycles. The van der Waals surface area contributed by atoms with E-state index in [1.165, 1.54) is 23.4 Å². The van der Waals surface area contributed by atoms with Gasteiger partial charge >= 0.3 is 0 Å². The molecule has 0 saturated heterocycles. The van der Waals surface area contributed by atoms with Crippen LogP contribution in [0.15, 0.2) is 66.1 Å². The molecule has 7 nitrogen and oxygen atoms in total. The molecule has 2 aromatic carbocycles. The Kier molecular flexibility index (Phi) is 6.69. The Bertz CT molecular complexity index is 1050. The van der Waals surface area contributed by atoms with Crippen molar-refractivity contribution in [1.82, 2.24) is 9.62 Å². The zero-order valence-electron chi connectivity index (χ0n) is 16.8. The van der Waals surface area contributed by atoms with E-state index in [0.717, 1.165) is 11.1 Å². The number of hydrogen-bond donors (Lipinski definition) is 2. The summed E-state index contributed by atoms with van der Waals surface area (Å²) in [6.07, 6.45) is 2.18. The first-order valence-electron chi connectivity index (χ1n) is 9.68. The van der Waals surface area contributed by atoms with Crippen molar-refractivity contribution >= 4 is 27.5 Å². The highest BCUT2D eigenvalue weighted by molar-refractivity contribution is 7.89. The Morgan fingerprint density at radius 2 is 1.87 bits per heavy atom. The number of fused-ring (bicyclic) bond motifs is 1. The predicted molar refractivity (Wildman–Crippen MR) is 115 cm³/mol. The molecule has 0 fully saturated rings. The van der Waals surface area contributed by atoms with E-state index in [0.29, 0.717) is 18.7 Å². The van der Waals surface area contributed by atoms with Crippen LogP contribution in [0.1, 0.15) is 30.5 Å². The van der Waals surface area contributed by atoms with Gasteiger partial charge in [-0.05, 0) is 41.8 Å². The fraction of sp³-hybridized carbons (Fsp3) is 0.273. The van der Waals surface area contributed by atoms with Crippen LogP contribution < -0.4 is 10.6 Å². The van der Waals surface area contributed by atoms with Crippen LogP contribution in [-0.2, 0) is 26.0 Å². The Labute approximate surface area is 176 Å². The second-order valence-corrected chi connectivity index (χ2v) is 8.97. The topological polar surface area (TPSA) is 95.6 Å². The molecule has 2 N–H and O–H groups in total. The van der Waals surface area contributed by atoms with Crippen LogP contribution in [-0.4, -0.2) is 37.6 Å². The molecular weight excluding hydrogens is 402 g/mol. The zero-order chi connectivity index (χ0) is 21.7. The van der Waals surface area contributed by atoms with E-state index in [1.54, 1.807) is 18.2 Å². The number of amides is 2. The highest BCUT2D eigenvalue weighted by atomic mass is 32.2. The number of sulfonamides is 1. The standard InChI is InChI=1S/C22H25N3O4S/c1-3-13-23-22(27)15-21-20-7-5-4-6-17(20)12-14-25(21)30(28,29)19-10-8-18(9-11-19)24-16(2)26/h3-11,21H,1,12-15H2,2H3,(H,23,27)(H,24,26). The maximum Gasteiger partial charge on any atom is 0.243 e. The lowest BCUT2D eigenvalue weighted by Crippen LogP contribution is -2.42. The van der Waals surface area contributed by atoms with E-state index < -0.39 is 16.1 Å². The number of carbonyl (C=O) groups excluding carboxylic acids is 2. The molecule has 2 aromatic rings. The lowest BCUT2D eigenvalue weighted by Gasteiger charge is -2.36. The molecule has 1 aliphatic rings. The minimum atomic E-state index is -3.84. The predicted octanol–water partition coefficient (Wildman–Crippen LogP) is 2.63. The Balaban J connectivity index is 1.93. The van der Waals surface area contributed by atoms with Gasteiger partial charge in [0.2, 0.25) is 21.8 Å². The number of nitrogens with zero attached hydrogens (tertiary/aromatic N) is 1. The van der Waals surface area contributed by atoms with Crippen LogP contribution in [0, 0.1) is 0 Å². The van der Waals surface area contributed by atoms with Gasteiger partial charge in [0, 0.05) is 32.1 Å². The molecule has 2 amide bonds. The fourth-order valence-electron chi connectivity index (χ4n) is 3.61. The van der Waals surface area contributed by atoms with E-state index >= 15 is 0 Å². The van der Waals surface area contributed by atoms with Crippen molar-refractivity contribution < 1.29 is 18.0 Å². The SMILES string of the molecule is C=CCNC(=O)CC1c2ccccc2CCN1S(=O)(=O)c1ccc(NC(C)=O)cc1. The van der Waals surface area contributed by atoms with Gasteiger partial charge < -0.3 is 10.6 Å². The summed E-state index contributed by atoms with van der Waals surface area (Å²) in [5.41, 5.74) is 2.41. The van der Waals surface area contributed by atoms with Crippen molar-refractivity contribution in [2.75, 3.05) is 18.4 Å². The Hall–Kier alpha value is -2.97. The molecule has 30 heavy (non-hydrogen) atoms. The molecule has 1 atom stereocenters. The third-order valence-electron chi connectivity index (χ3n) is 4.97. The van der Waals surface area contributed by atoms with Gasteiger partial charge in [0.25, 0.3) is 0 Å². The number of benzene rings is 2. The molecule has 8 heteroatoms. The molecule has 0 aromatic heterocycles. The van der Waals surface area contributed by atoms with Crippen molar-refractivity contribution in [3.05, 3.63) is 72.3 Å². The van der Waals surface area contributed by atoms with E-state index in [-0.39, 0.29) is 29.7 Å². The third kappa shape index (κ3) is 4.77. The maximum atomic E-state index is 13.4. The molecular formula is C22H25N3O4S. The molecule has 0 saturated carbocycles. The first kappa shape index (κ1) is 21.7. The van der Waals surface area contributed by atoms with Crippen LogP contribution in [0.4, 0.5) is 5.69 Å². The summed E-state index contributed by atoms with van der Waals surface area (Å²) in [6, 6.07) is 13.1. The van der Waals surface area contributed by atoms with E-state index in [1.807, 2.05) is 24.3 Å². The fourth-order valence-corrected chi connectivity index (χ4v) is 5.22. The highest BCUT2D eigenvalue weighted by Crippen LogP contribution is 2.36. The Morgan fingerprint density at radius 1 is 1.17 bits per heavy atom. The number of anilines is 1. The van der Waals surface area contributed by atoms with Crippen LogP contribution >= 0.6 is 0 Å². The summed E-state index contributed by atoms with van der Waals surface area (Å²) < 4.78 is 28.3. The monoisotopic (exact) mass is 427 g/mol. The van der Waals surface area contributed by atoms with Crippen LogP contribution in [0.25, 0.3) is 0 Å². The summed E-state index contributed by atoms with van der Waals surface area (Å²) in [5.74, 6) is -0.471. The summed E-state index contributed by atoms with van der Waals surface area (Å²) >= 11 is 0. The van der Waals surface area contributed by atoms with Gasteiger partial charge in [0.05, 0.1) is 10.9 Å². The zero-order valence-corrected chi connectivity index (χ0v) is 17.6. The average molecular weight is 428 g/mol. The summed E-state index contributed by atoms with van der Waals surface area (Å²) in [4.78, 5) is 23.7. The van der Waals surface area contributed by atoms with Crippen LogP contribution in [0.5, 0.6) is 0 Å². The minimum Gasteiger partial charge on any atom is -0.353 e. The Morgan fingerprint density at radius 3 is 2.53 bits per heavy atom. The second-order valence-electron chi connectivity index (χ2n) is 7.08. The number of rotatable bonds is 7. The van der Waals surface area contributed by atoms with Gasteiger partial charge in [-0.25, -0.2) is 8.42 Å². The second kappa shape index (κ2) is 9.23. The van der Waals surface area contributed by atoms with Gasteiger partial charge in [-0.1, -0.05) is 30.3 Å². The average Bonchev–Trinajstić information content (AvgIpc) is 2.72. The molecule has 0 spiro atoms. The van der Waals surface area contributed by atoms with Gasteiger partial charge in [-0.15, -0.1) is 6.58 Å². The quantitative estimate of drug-likeness (QED) is 0.664. The van der Waals surface area contributed by atoms with Crippen molar-refractivity contribution in [1.29, 1.82) is 0 Å². The van der Waals surface area contributed by atoms with Crippen LogP contribution in [0.2, 0.25) is 0 Å². The maximum absolute atomic E-state index is 13.4. The van der Waals surface area contributed by atoms with Gasteiger partial charge in [-0.2, -0.15) is 4.31 Å². The van der Waals surface area contributed by atoms with E-state index in [2.05, 4.69) is 17.2 Å². The van der Waals surface area contributed by atoms with E-state index in [9.17, 15) is 18.0 Å². The van der Waals surface area contributed by atoms with Crippen LogP contribution in [0.3, 0.4) is 0 Å². The lowest BCUT2D eigenvalue weighted by atomic mass is 9.92. The third-order valence-corrected chi connectivity index (χ3v) is 6.89. The molecule has 0 bridgehead atoms. The first-order valence-corrected chi connectivity index (χ1v) is 11.1. The summed E-state index contributed by atoms with van der Waals surface area (Å²) in [6.45, 7) is 5.58. The molecule has 1 aliphatic heterocycles.